The molecule has 0 bridgehead atoms. The monoisotopic (exact) mass is 262 g/mol. The van der Waals surface area contributed by atoms with Gasteiger partial charge in [0.25, 0.3) is 0 Å². The third-order valence-corrected chi connectivity index (χ3v) is 3.38. The van der Waals surface area contributed by atoms with Gasteiger partial charge in [0.05, 0.1) is 11.3 Å². The second-order valence-corrected chi connectivity index (χ2v) is 5.06. The van der Waals surface area contributed by atoms with Gasteiger partial charge in [0.1, 0.15) is 5.82 Å². The Morgan fingerprint density at radius 3 is 2.47 bits per heavy atom. The Kier molecular flexibility index (Phi) is 3.71. The Morgan fingerprint density at radius 1 is 1.32 bits per heavy atom. The molecule has 0 spiro atoms. The van der Waals surface area contributed by atoms with Gasteiger partial charge in [-0.2, -0.15) is 5.10 Å². The van der Waals surface area contributed by atoms with Gasteiger partial charge in [-0.05, 0) is 37.1 Å². The molecule has 0 radical (unpaired) electrons. The molecule has 19 heavy (non-hydrogen) atoms. The number of hydrogen-bond donors (Lipinski definition) is 1. The molecule has 0 aliphatic carbocycles. The van der Waals surface area contributed by atoms with Gasteiger partial charge in [0, 0.05) is 19.2 Å². The average Bonchev–Trinajstić information content (AvgIpc) is 2.70. The molecule has 0 saturated heterocycles. The molecule has 0 saturated carbocycles. The smallest absolute Gasteiger partial charge is 0.123 e. The number of rotatable bonds is 4. The molecule has 1 aromatic heterocycles. The van der Waals surface area contributed by atoms with Crippen LogP contribution in [-0.4, -0.2) is 14.9 Å². The van der Waals surface area contributed by atoms with E-state index in [9.17, 15) is 9.50 Å². The average molecular weight is 262 g/mol. The van der Waals surface area contributed by atoms with Crippen LogP contribution in [0.2, 0.25) is 0 Å². The van der Waals surface area contributed by atoms with E-state index in [1.54, 1.807) is 23.7 Å². The van der Waals surface area contributed by atoms with Crippen molar-refractivity contribution in [2.75, 3.05) is 0 Å². The van der Waals surface area contributed by atoms with Gasteiger partial charge in [-0.25, -0.2) is 4.39 Å². The molecule has 3 nitrogen and oxygen atoms in total. The van der Waals surface area contributed by atoms with Crippen molar-refractivity contribution in [2.24, 2.45) is 7.05 Å². The summed E-state index contributed by atoms with van der Waals surface area (Å²) in [6, 6.07) is 7.96. The molecule has 0 fully saturated rings. The van der Waals surface area contributed by atoms with Gasteiger partial charge >= 0.3 is 0 Å². The van der Waals surface area contributed by atoms with Crippen LogP contribution < -0.4 is 0 Å². The number of halogens is 1. The number of hydrogen-bond acceptors (Lipinski definition) is 2. The van der Waals surface area contributed by atoms with Crippen molar-refractivity contribution < 1.29 is 9.50 Å². The number of aliphatic hydroxyl groups is 1. The molecule has 1 unspecified atom stereocenters. The summed E-state index contributed by atoms with van der Waals surface area (Å²) in [4.78, 5) is 0. The second-order valence-electron chi connectivity index (χ2n) is 5.06. The fourth-order valence-electron chi connectivity index (χ4n) is 2.17. The van der Waals surface area contributed by atoms with E-state index in [4.69, 9.17) is 0 Å². The third-order valence-electron chi connectivity index (χ3n) is 3.38. The molecule has 1 aromatic carbocycles. The van der Waals surface area contributed by atoms with Gasteiger partial charge in [0.2, 0.25) is 0 Å². The number of aryl methyl sites for hydroxylation is 2. The standard InChI is InChI=1S/C15H19FN2O/c1-4-13-9-14(18(3)17-13)10-15(2,19)11-5-7-12(16)8-6-11/h5-9,19H,4,10H2,1-3H3. The van der Waals surface area contributed by atoms with Crippen molar-refractivity contribution in [3.8, 4) is 0 Å². The maximum absolute atomic E-state index is 12.9. The Morgan fingerprint density at radius 2 is 1.95 bits per heavy atom. The van der Waals surface area contributed by atoms with Gasteiger partial charge in [-0.15, -0.1) is 0 Å². The Hall–Kier alpha value is -1.68. The second kappa shape index (κ2) is 5.13. The van der Waals surface area contributed by atoms with Crippen LogP contribution in [-0.2, 0) is 25.5 Å². The highest BCUT2D eigenvalue weighted by molar-refractivity contribution is 5.25. The molecule has 0 aliphatic heterocycles. The first-order chi connectivity index (χ1) is 8.92. The molecule has 1 atom stereocenters. The molecule has 4 heteroatoms. The van der Waals surface area contributed by atoms with E-state index >= 15 is 0 Å². The van der Waals surface area contributed by atoms with Crippen molar-refractivity contribution >= 4 is 0 Å². The maximum atomic E-state index is 12.9. The predicted octanol–water partition coefficient (Wildman–Crippen LogP) is 2.57. The van der Waals surface area contributed by atoms with E-state index in [0.717, 1.165) is 17.8 Å². The van der Waals surface area contributed by atoms with E-state index in [1.807, 2.05) is 20.0 Å². The highest BCUT2D eigenvalue weighted by atomic mass is 19.1. The third kappa shape index (κ3) is 3.01. The van der Waals surface area contributed by atoms with Crippen LogP contribution in [0.25, 0.3) is 0 Å². The van der Waals surface area contributed by atoms with Crippen molar-refractivity contribution in [1.29, 1.82) is 0 Å². The SMILES string of the molecule is CCc1cc(CC(C)(O)c2ccc(F)cc2)n(C)n1. The van der Waals surface area contributed by atoms with Crippen molar-refractivity contribution in [3.63, 3.8) is 0 Å². The van der Waals surface area contributed by atoms with Gasteiger partial charge in [-0.3, -0.25) is 4.68 Å². The van der Waals surface area contributed by atoms with Crippen LogP contribution >= 0.6 is 0 Å². The van der Waals surface area contributed by atoms with Crippen molar-refractivity contribution in [2.45, 2.75) is 32.3 Å². The first-order valence-corrected chi connectivity index (χ1v) is 6.42. The number of nitrogens with zero attached hydrogens (tertiary/aromatic N) is 2. The lowest BCUT2D eigenvalue weighted by Gasteiger charge is -2.23. The Labute approximate surface area is 112 Å². The maximum Gasteiger partial charge on any atom is 0.123 e. The van der Waals surface area contributed by atoms with E-state index < -0.39 is 5.60 Å². The topological polar surface area (TPSA) is 38.0 Å². The molecule has 2 aromatic rings. The molecule has 102 valence electrons. The number of aromatic nitrogens is 2. The van der Waals surface area contributed by atoms with Crippen molar-refractivity contribution in [1.82, 2.24) is 9.78 Å². The summed E-state index contributed by atoms with van der Waals surface area (Å²) >= 11 is 0. The minimum absolute atomic E-state index is 0.298. The lowest BCUT2D eigenvalue weighted by molar-refractivity contribution is 0.0555. The van der Waals surface area contributed by atoms with Gasteiger partial charge in [0.15, 0.2) is 0 Å². The lowest BCUT2D eigenvalue weighted by atomic mass is 9.91. The summed E-state index contributed by atoms with van der Waals surface area (Å²) in [5.41, 5.74) is 1.64. The van der Waals surface area contributed by atoms with Crippen LogP contribution in [0.4, 0.5) is 4.39 Å². The first kappa shape index (κ1) is 13.7. The minimum Gasteiger partial charge on any atom is -0.385 e. The minimum atomic E-state index is -1.04. The highest BCUT2D eigenvalue weighted by Gasteiger charge is 2.25. The van der Waals surface area contributed by atoms with Crippen LogP contribution in [0.5, 0.6) is 0 Å². The molecule has 0 amide bonds. The van der Waals surface area contributed by atoms with Crippen LogP contribution in [0.3, 0.4) is 0 Å². The summed E-state index contributed by atoms with van der Waals surface area (Å²) in [5.74, 6) is -0.298. The van der Waals surface area contributed by atoms with Crippen LogP contribution in [0.15, 0.2) is 30.3 Å². The molecular formula is C15H19FN2O. The molecule has 0 aliphatic rings. The van der Waals surface area contributed by atoms with Crippen molar-refractivity contribution in [3.05, 3.63) is 53.1 Å². The van der Waals surface area contributed by atoms with Gasteiger partial charge < -0.3 is 5.11 Å². The fourth-order valence-corrected chi connectivity index (χ4v) is 2.17. The van der Waals surface area contributed by atoms with Crippen LogP contribution in [0, 0.1) is 5.82 Å². The lowest BCUT2D eigenvalue weighted by Crippen LogP contribution is -2.25. The zero-order valence-corrected chi connectivity index (χ0v) is 11.5. The summed E-state index contributed by atoms with van der Waals surface area (Å²) < 4.78 is 14.7. The highest BCUT2D eigenvalue weighted by Crippen LogP contribution is 2.25. The molecule has 1 N–H and O–H groups in total. The molecular weight excluding hydrogens is 243 g/mol. The summed E-state index contributed by atoms with van der Waals surface area (Å²) in [7, 11) is 1.87. The Balaban J connectivity index is 2.24. The summed E-state index contributed by atoms with van der Waals surface area (Å²) in [6.07, 6.45) is 1.31. The molecule has 2 rings (SSSR count). The van der Waals surface area contributed by atoms with E-state index in [0.29, 0.717) is 12.0 Å². The van der Waals surface area contributed by atoms with E-state index in [-0.39, 0.29) is 5.82 Å². The van der Waals surface area contributed by atoms with E-state index in [2.05, 4.69) is 5.10 Å². The molecule has 1 heterocycles. The van der Waals surface area contributed by atoms with Gasteiger partial charge in [-0.1, -0.05) is 19.1 Å². The fraction of sp³-hybridized carbons (Fsp3) is 0.400. The Bertz CT molecular complexity index is 558. The zero-order chi connectivity index (χ0) is 14.0. The summed E-state index contributed by atoms with van der Waals surface area (Å²) in [6.45, 7) is 3.78. The van der Waals surface area contributed by atoms with Crippen LogP contribution in [0.1, 0.15) is 30.8 Å². The summed E-state index contributed by atoms with van der Waals surface area (Å²) in [5, 5.41) is 14.9. The first-order valence-electron chi connectivity index (χ1n) is 6.42. The van der Waals surface area contributed by atoms with E-state index in [1.165, 1.54) is 12.1 Å². The predicted molar refractivity (Wildman–Crippen MR) is 72.3 cm³/mol. The zero-order valence-electron chi connectivity index (χ0n) is 11.5. The normalized spacial score (nSPS) is 14.4. The largest absolute Gasteiger partial charge is 0.385 e. The number of benzene rings is 1. The quantitative estimate of drug-likeness (QED) is 0.919.